The summed E-state index contributed by atoms with van der Waals surface area (Å²) in [4.78, 5) is 66.3. The molecule has 0 saturated carbocycles. The molecular weight excluding hydrogens is 1220 g/mol. The van der Waals surface area contributed by atoms with Gasteiger partial charge in [0.05, 0.1) is 11.4 Å². The minimum absolute atomic E-state index is 0.174. The molecule has 2 unspecified atom stereocenters. The van der Waals surface area contributed by atoms with Crippen LogP contribution in [-0.2, 0) is 35.3 Å². The summed E-state index contributed by atoms with van der Waals surface area (Å²) < 4.78 is 4.11. The molecule has 2 aromatic heterocycles. The number of rotatable bonds is 6. The number of carbonyl (C=O) groups excluding carboxylic acids is 4. The molecule has 384 valence electrons. The number of carbonyl (C=O) groups is 4. The number of halogens is 6. The highest BCUT2D eigenvalue weighted by atomic mass is 79.9. The predicted molar refractivity (Wildman–Crippen MR) is 296 cm³/mol. The Morgan fingerprint density at radius 1 is 0.486 bits per heavy atom. The Kier molecular flexibility index (Phi) is 17.6. The van der Waals surface area contributed by atoms with Crippen molar-refractivity contribution in [2.45, 2.75) is 102 Å². The van der Waals surface area contributed by atoms with Crippen LogP contribution >= 0.6 is 86.9 Å². The highest BCUT2D eigenvalue weighted by Crippen LogP contribution is 2.48. The molecule has 4 aromatic rings. The van der Waals surface area contributed by atoms with Gasteiger partial charge in [0.25, 0.3) is 0 Å². The van der Waals surface area contributed by atoms with Crippen LogP contribution in [-0.4, -0.2) is 106 Å². The zero-order valence-corrected chi connectivity index (χ0v) is 48.2. The molecule has 2 aliphatic carbocycles. The fraction of sp³-hybridized carbons (Fsp3) is 0.519. The van der Waals surface area contributed by atoms with E-state index in [0.717, 1.165) is 143 Å². The van der Waals surface area contributed by atoms with Crippen molar-refractivity contribution in [3.05, 3.63) is 121 Å². The Hall–Kier alpha value is -3.28. The predicted octanol–water partition coefficient (Wildman–Crippen LogP) is 11.8. The van der Waals surface area contributed by atoms with Gasteiger partial charge in [0.15, 0.2) is 0 Å². The quantitative estimate of drug-likeness (QED) is 0.196. The van der Waals surface area contributed by atoms with Crippen molar-refractivity contribution in [2.75, 3.05) is 52.4 Å². The molecule has 2 aromatic carbocycles. The van der Waals surface area contributed by atoms with Gasteiger partial charge in [-0.15, -0.1) is 0 Å². The highest BCUT2D eigenvalue weighted by Gasteiger charge is 2.39. The molecule has 6 amide bonds. The van der Waals surface area contributed by atoms with Crippen LogP contribution in [0.5, 0.6) is 0 Å². The minimum atomic E-state index is -0.362. The van der Waals surface area contributed by atoms with Gasteiger partial charge in [-0.1, -0.05) is 55.1 Å². The van der Waals surface area contributed by atoms with E-state index in [1.807, 2.05) is 34.3 Å². The van der Waals surface area contributed by atoms with E-state index >= 15 is 0 Å². The first kappa shape index (κ1) is 53.5. The lowest BCUT2D eigenvalue weighted by Gasteiger charge is -2.38. The smallest absolute Gasteiger partial charge is 0.314 e. The summed E-state index contributed by atoms with van der Waals surface area (Å²) >= 11 is 27.7. The van der Waals surface area contributed by atoms with Gasteiger partial charge in [-0.25, -0.2) is 9.59 Å². The van der Waals surface area contributed by atoms with E-state index < -0.39 is 0 Å². The first-order valence-electron chi connectivity index (χ1n) is 25.5. The Labute approximate surface area is 466 Å². The second kappa shape index (κ2) is 23.7. The zero-order valence-electron chi connectivity index (χ0n) is 40.4. The summed E-state index contributed by atoms with van der Waals surface area (Å²) in [6.07, 6.45) is 15.8. The van der Waals surface area contributed by atoms with Crippen LogP contribution in [0.4, 0.5) is 9.59 Å². The van der Waals surface area contributed by atoms with Crippen molar-refractivity contribution in [2.24, 2.45) is 35.1 Å². The van der Waals surface area contributed by atoms with E-state index in [1.165, 1.54) is 33.4 Å². The van der Waals surface area contributed by atoms with Crippen LogP contribution in [0.1, 0.15) is 121 Å². The lowest BCUT2D eigenvalue weighted by molar-refractivity contribution is -0.134. The number of hydrogen-bond donors (Lipinski definition) is 2. The summed E-state index contributed by atoms with van der Waals surface area (Å²) in [5, 5.41) is 1.50. The van der Waals surface area contributed by atoms with Crippen molar-refractivity contribution >= 4 is 111 Å². The number of aryl methyl sites for hydroxylation is 4. The van der Waals surface area contributed by atoms with Crippen LogP contribution in [0.15, 0.2) is 66.7 Å². The third-order valence-electron chi connectivity index (χ3n) is 16.3. The topological polar surface area (TPSA) is 159 Å². The molecule has 4 N–H and O–H groups in total. The normalized spacial score (nSPS) is 21.0. The number of amides is 6. The Morgan fingerprint density at radius 3 is 1.17 bits per heavy atom. The molecule has 4 saturated heterocycles. The second-order valence-corrected chi connectivity index (χ2v) is 25.1. The SMILES string of the molecule is NC(=O)N1CCC(CC(=O)N2CCC(C3c4ncc(Br)cc4CCc4cc(Cl)cc(Br)c43)CC2)CC1.NC(=O)N1CCC(CC(=O)N2CCC(C3c4ncc(Br)cc4CCc4cc(Cl)cc(Br)c43)CC2)CC1. The molecule has 12 nitrogen and oxygen atoms in total. The number of likely N-dealkylation sites (tertiary alicyclic amines) is 4. The van der Waals surface area contributed by atoms with Gasteiger partial charge in [-0.05, 0) is 202 Å². The van der Waals surface area contributed by atoms with Gasteiger partial charge in [0.1, 0.15) is 0 Å². The number of aromatic nitrogens is 2. The van der Waals surface area contributed by atoms with Gasteiger partial charge < -0.3 is 31.1 Å². The maximum Gasteiger partial charge on any atom is 0.314 e. The molecule has 4 fully saturated rings. The average Bonchev–Trinajstić information content (AvgIpc) is 3.62. The Bertz CT molecular complexity index is 2500. The van der Waals surface area contributed by atoms with Gasteiger partial charge in [0, 0.05) is 117 Å². The largest absolute Gasteiger partial charge is 0.351 e. The fourth-order valence-corrected chi connectivity index (χ4v) is 15.5. The van der Waals surface area contributed by atoms with Gasteiger partial charge in [-0.2, -0.15) is 0 Å². The molecule has 2 atom stereocenters. The molecule has 18 heteroatoms. The lowest BCUT2D eigenvalue weighted by Crippen LogP contribution is -2.44. The standard InChI is InChI=1S/2C27H31Br2ClN4O2/c2*28-20-12-19-2-1-18-13-21(30)14-22(29)24(18)25(26(19)32-15-20)17-5-9-33(10-6-17)23(35)11-16-3-7-34(8-4-16)27(31)36/h2*12-17,25H,1-11H2,(H2,31,36). The number of primary amides is 2. The molecule has 6 aliphatic rings. The van der Waals surface area contributed by atoms with Crippen molar-refractivity contribution in [3.8, 4) is 0 Å². The average molecular weight is 1280 g/mol. The minimum Gasteiger partial charge on any atom is -0.351 e. The van der Waals surface area contributed by atoms with E-state index in [1.54, 1.807) is 9.80 Å². The number of benzene rings is 2. The second-order valence-electron chi connectivity index (χ2n) is 20.7. The number of hydrogen-bond acceptors (Lipinski definition) is 6. The van der Waals surface area contributed by atoms with Crippen molar-refractivity contribution < 1.29 is 19.2 Å². The first-order valence-corrected chi connectivity index (χ1v) is 29.4. The third kappa shape index (κ3) is 12.4. The Balaban J connectivity index is 0.000000178. The summed E-state index contributed by atoms with van der Waals surface area (Å²) in [7, 11) is 0. The number of piperidine rings is 4. The molecule has 10 rings (SSSR count). The number of nitrogens with two attached hydrogens (primary N) is 2. The number of urea groups is 2. The lowest BCUT2D eigenvalue weighted by atomic mass is 9.76. The number of pyridine rings is 2. The fourth-order valence-electron chi connectivity index (χ4n) is 12.5. The molecule has 4 aliphatic heterocycles. The van der Waals surface area contributed by atoms with Crippen LogP contribution in [0, 0.1) is 23.7 Å². The van der Waals surface area contributed by atoms with Gasteiger partial charge in [-0.3, -0.25) is 19.6 Å². The molecule has 72 heavy (non-hydrogen) atoms. The Morgan fingerprint density at radius 2 is 0.819 bits per heavy atom. The van der Waals surface area contributed by atoms with Crippen molar-refractivity contribution in [1.82, 2.24) is 29.6 Å². The molecule has 0 radical (unpaired) electrons. The van der Waals surface area contributed by atoms with Crippen LogP contribution in [0.3, 0.4) is 0 Å². The third-order valence-corrected chi connectivity index (χ3v) is 19.0. The molecule has 0 bridgehead atoms. The summed E-state index contributed by atoms with van der Waals surface area (Å²) in [6.45, 7) is 5.68. The first-order chi connectivity index (χ1) is 34.6. The van der Waals surface area contributed by atoms with Crippen molar-refractivity contribution in [3.63, 3.8) is 0 Å². The van der Waals surface area contributed by atoms with Gasteiger partial charge in [0.2, 0.25) is 11.8 Å². The van der Waals surface area contributed by atoms with Crippen molar-refractivity contribution in [1.29, 1.82) is 0 Å². The molecule has 0 spiro atoms. The summed E-state index contributed by atoms with van der Waals surface area (Å²) in [5.74, 6) is 2.28. The molecular formula is C54H62Br4Cl2N8O4. The maximum atomic E-state index is 13.1. The number of fused-ring (bicyclic) bond motifs is 4. The summed E-state index contributed by atoms with van der Waals surface area (Å²) in [6, 6.07) is 11.9. The van der Waals surface area contributed by atoms with Crippen LogP contribution in [0.25, 0.3) is 0 Å². The monoisotopic (exact) mass is 1270 g/mol. The van der Waals surface area contributed by atoms with E-state index in [-0.39, 0.29) is 35.7 Å². The van der Waals surface area contributed by atoms with E-state index in [0.29, 0.717) is 62.7 Å². The van der Waals surface area contributed by atoms with E-state index in [9.17, 15) is 19.2 Å². The number of nitrogens with zero attached hydrogens (tertiary/aromatic N) is 6. The van der Waals surface area contributed by atoms with Gasteiger partial charge >= 0.3 is 12.1 Å². The van der Waals surface area contributed by atoms with Crippen LogP contribution < -0.4 is 11.5 Å². The highest BCUT2D eigenvalue weighted by molar-refractivity contribution is 9.11. The van der Waals surface area contributed by atoms with Crippen LogP contribution in [0.2, 0.25) is 10.0 Å². The molecule has 6 heterocycles. The zero-order chi connectivity index (χ0) is 50.8. The van der Waals surface area contributed by atoms with E-state index in [2.05, 4.69) is 88.0 Å². The van der Waals surface area contributed by atoms with E-state index in [4.69, 9.17) is 44.6 Å². The maximum absolute atomic E-state index is 13.1. The summed E-state index contributed by atoms with van der Waals surface area (Å²) in [5.41, 5.74) is 20.9.